The second kappa shape index (κ2) is 7.06. The number of thiophene rings is 1. The van der Waals surface area contributed by atoms with E-state index in [1.54, 1.807) is 24.1 Å². The SMILES string of the molecule is CN1C(=O)C[C@@H](C(=O)NCc2cccc(C(=O)O)c2)[C@H]1c1cccs1. The number of amides is 2. The highest BCUT2D eigenvalue weighted by atomic mass is 32.1. The van der Waals surface area contributed by atoms with Gasteiger partial charge in [-0.15, -0.1) is 11.3 Å². The zero-order valence-corrected chi connectivity index (χ0v) is 14.5. The molecule has 0 saturated carbocycles. The molecule has 2 aromatic rings. The maximum absolute atomic E-state index is 12.6. The van der Waals surface area contributed by atoms with E-state index in [0.717, 1.165) is 4.88 Å². The number of benzene rings is 1. The minimum atomic E-state index is -1.01. The van der Waals surface area contributed by atoms with Crippen molar-refractivity contribution in [1.82, 2.24) is 10.2 Å². The van der Waals surface area contributed by atoms with Crippen molar-refractivity contribution in [3.05, 3.63) is 57.8 Å². The number of aromatic carboxylic acids is 1. The number of likely N-dealkylation sites (tertiary alicyclic amines) is 1. The van der Waals surface area contributed by atoms with Gasteiger partial charge in [-0.3, -0.25) is 9.59 Å². The van der Waals surface area contributed by atoms with Crippen molar-refractivity contribution < 1.29 is 19.5 Å². The fourth-order valence-electron chi connectivity index (χ4n) is 3.09. The Morgan fingerprint density at radius 2 is 2.12 bits per heavy atom. The lowest BCUT2D eigenvalue weighted by atomic mass is 9.97. The second-order valence-corrected chi connectivity index (χ2v) is 6.98. The van der Waals surface area contributed by atoms with Gasteiger partial charge in [0.05, 0.1) is 17.5 Å². The topological polar surface area (TPSA) is 86.7 Å². The second-order valence-electron chi connectivity index (χ2n) is 6.00. The van der Waals surface area contributed by atoms with Crippen LogP contribution in [0.1, 0.15) is 33.3 Å². The van der Waals surface area contributed by atoms with Gasteiger partial charge in [-0.2, -0.15) is 0 Å². The quantitative estimate of drug-likeness (QED) is 0.858. The average molecular weight is 358 g/mol. The molecule has 25 heavy (non-hydrogen) atoms. The van der Waals surface area contributed by atoms with Gasteiger partial charge in [0, 0.05) is 24.9 Å². The first-order chi connectivity index (χ1) is 12.0. The van der Waals surface area contributed by atoms with Crippen LogP contribution in [0, 0.1) is 5.92 Å². The predicted octanol–water partition coefficient (Wildman–Crippen LogP) is 2.28. The first-order valence-corrected chi connectivity index (χ1v) is 8.74. The standard InChI is InChI=1S/C18H18N2O4S/c1-20-15(21)9-13(16(20)14-6-3-7-25-14)17(22)19-10-11-4-2-5-12(8-11)18(23)24/h2-8,13,16H,9-10H2,1H3,(H,19,22)(H,23,24)/t13-,16+/m1/s1. The highest BCUT2D eigenvalue weighted by Gasteiger charge is 2.43. The van der Waals surface area contributed by atoms with Crippen LogP contribution >= 0.6 is 11.3 Å². The number of nitrogens with zero attached hydrogens (tertiary/aromatic N) is 1. The van der Waals surface area contributed by atoms with E-state index in [9.17, 15) is 14.4 Å². The van der Waals surface area contributed by atoms with Crippen LogP contribution in [0.2, 0.25) is 0 Å². The highest BCUT2D eigenvalue weighted by molar-refractivity contribution is 7.10. The molecule has 2 atom stereocenters. The molecular formula is C18H18N2O4S. The molecule has 0 aliphatic carbocycles. The summed E-state index contributed by atoms with van der Waals surface area (Å²) in [4.78, 5) is 38.3. The summed E-state index contributed by atoms with van der Waals surface area (Å²) in [7, 11) is 1.72. The molecule has 0 unspecified atom stereocenters. The Kier molecular flexibility index (Phi) is 4.85. The zero-order chi connectivity index (χ0) is 18.0. The number of rotatable bonds is 5. The number of carbonyl (C=O) groups excluding carboxylic acids is 2. The van der Waals surface area contributed by atoms with Crippen molar-refractivity contribution in [3.63, 3.8) is 0 Å². The maximum Gasteiger partial charge on any atom is 0.335 e. The Bertz CT molecular complexity index is 803. The molecule has 7 heteroatoms. The van der Waals surface area contributed by atoms with Crippen molar-refractivity contribution in [1.29, 1.82) is 0 Å². The van der Waals surface area contributed by atoms with Crippen LogP contribution in [-0.2, 0) is 16.1 Å². The van der Waals surface area contributed by atoms with Crippen molar-refractivity contribution >= 4 is 29.1 Å². The average Bonchev–Trinajstić information content (AvgIpc) is 3.22. The lowest BCUT2D eigenvalue weighted by Gasteiger charge is -2.23. The Morgan fingerprint density at radius 3 is 2.80 bits per heavy atom. The van der Waals surface area contributed by atoms with Crippen LogP contribution in [0.3, 0.4) is 0 Å². The van der Waals surface area contributed by atoms with Gasteiger partial charge < -0.3 is 15.3 Å². The first kappa shape index (κ1) is 17.2. The lowest BCUT2D eigenvalue weighted by Crippen LogP contribution is -2.34. The molecule has 1 fully saturated rings. The third-order valence-corrected chi connectivity index (χ3v) is 5.34. The summed E-state index contributed by atoms with van der Waals surface area (Å²) in [6, 6.07) is 10.0. The van der Waals surface area contributed by atoms with Crippen LogP contribution < -0.4 is 5.32 Å². The summed E-state index contributed by atoms with van der Waals surface area (Å²) in [5.74, 6) is -1.70. The van der Waals surface area contributed by atoms with E-state index in [1.807, 2.05) is 17.5 Å². The predicted molar refractivity (Wildman–Crippen MR) is 93.2 cm³/mol. The molecule has 130 valence electrons. The van der Waals surface area contributed by atoms with Crippen molar-refractivity contribution in [3.8, 4) is 0 Å². The lowest BCUT2D eigenvalue weighted by molar-refractivity contribution is -0.128. The first-order valence-electron chi connectivity index (χ1n) is 7.86. The smallest absolute Gasteiger partial charge is 0.335 e. The molecule has 2 N–H and O–H groups in total. The molecule has 0 radical (unpaired) electrons. The molecule has 1 saturated heterocycles. The molecule has 1 aromatic heterocycles. The van der Waals surface area contributed by atoms with E-state index in [4.69, 9.17) is 5.11 Å². The van der Waals surface area contributed by atoms with Crippen LogP contribution in [0.4, 0.5) is 0 Å². The van der Waals surface area contributed by atoms with Crippen LogP contribution in [-0.4, -0.2) is 34.8 Å². The van der Waals surface area contributed by atoms with E-state index in [2.05, 4.69) is 5.32 Å². The minimum absolute atomic E-state index is 0.0496. The monoisotopic (exact) mass is 358 g/mol. The fourth-order valence-corrected chi connectivity index (χ4v) is 4.02. The van der Waals surface area contributed by atoms with Crippen molar-refractivity contribution in [2.75, 3.05) is 7.05 Å². The third-order valence-electron chi connectivity index (χ3n) is 4.40. The van der Waals surface area contributed by atoms with E-state index >= 15 is 0 Å². The highest BCUT2D eigenvalue weighted by Crippen LogP contribution is 2.39. The summed E-state index contributed by atoms with van der Waals surface area (Å²) in [6.45, 7) is 0.228. The molecule has 1 aliphatic rings. The molecule has 6 nitrogen and oxygen atoms in total. The van der Waals surface area contributed by atoms with Crippen molar-refractivity contribution in [2.45, 2.75) is 19.0 Å². The Labute approximate surface area is 149 Å². The molecule has 2 amide bonds. The zero-order valence-electron chi connectivity index (χ0n) is 13.6. The largest absolute Gasteiger partial charge is 0.478 e. The van der Waals surface area contributed by atoms with Crippen LogP contribution in [0.25, 0.3) is 0 Å². The summed E-state index contributed by atoms with van der Waals surface area (Å²) in [5, 5.41) is 13.8. The van der Waals surface area contributed by atoms with Gasteiger partial charge in [-0.05, 0) is 29.1 Å². The molecular weight excluding hydrogens is 340 g/mol. The molecule has 2 heterocycles. The normalized spacial score (nSPS) is 19.9. The number of carbonyl (C=O) groups is 3. The molecule has 3 rings (SSSR count). The number of hydrogen-bond donors (Lipinski definition) is 2. The van der Waals surface area contributed by atoms with Crippen LogP contribution in [0.15, 0.2) is 41.8 Å². The molecule has 1 aromatic carbocycles. The molecule has 1 aliphatic heterocycles. The van der Waals surface area contributed by atoms with Crippen LogP contribution in [0.5, 0.6) is 0 Å². The van der Waals surface area contributed by atoms with Gasteiger partial charge in [-0.25, -0.2) is 4.79 Å². The maximum atomic E-state index is 12.6. The summed E-state index contributed by atoms with van der Waals surface area (Å²) >= 11 is 1.53. The third kappa shape index (κ3) is 3.56. The number of hydrogen-bond acceptors (Lipinski definition) is 4. The number of nitrogens with one attached hydrogen (secondary N) is 1. The van der Waals surface area contributed by atoms with Gasteiger partial charge in [0.2, 0.25) is 11.8 Å². The molecule has 0 bridgehead atoms. The summed E-state index contributed by atoms with van der Waals surface area (Å²) < 4.78 is 0. The molecule has 0 spiro atoms. The van der Waals surface area contributed by atoms with Gasteiger partial charge in [0.15, 0.2) is 0 Å². The Morgan fingerprint density at radius 1 is 1.32 bits per heavy atom. The van der Waals surface area contributed by atoms with Gasteiger partial charge in [-0.1, -0.05) is 18.2 Å². The number of carboxylic acid groups (broad SMARTS) is 1. The minimum Gasteiger partial charge on any atom is -0.478 e. The summed E-state index contributed by atoms with van der Waals surface area (Å²) in [5.41, 5.74) is 0.887. The Balaban J connectivity index is 1.71. The van der Waals surface area contributed by atoms with Gasteiger partial charge in [0.1, 0.15) is 0 Å². The van der Waals surface area contributed by atoms with E-state index < -0.39 is 11.9 Å². The fraction of sp³-hybridized carbons (Fsp3) is 0.278. The number of carboxylic acids is 1. The van der Waals surface area contributed by atoms with Gasteiger partial charge >= 0.3 is 5.97 Å². The van der Waals surface area contributed by atoms with Crippen molar-refractivity contribution in [2.24, 2.45) is 5.92 Å². The Hall–Kier alpha value is -2.67. The van der Waals surface area contributed by atoms with E-state index in [1.165, 1.54) is 23.5 Å². The van der Waals surface area contributed by atoms with Gasteiger partial charge in [0.25, 0.3) is 0 Å². The van der Waals surface area contributed by atoms with E-state index in [-0.39, 0.29) is 36.4 Å². The summed E-state index contributed by atoms with van der Waals surface area (Å²) in [6.07, 6.45) is 0.181. The van der Waals surface area contributed by atoms with E-state index in [0.29, 0.717) is 5.56 Å².